The molecule has 0 aliphatic carbocycles. The number of carbonyl (C=O) groups is 1. The average Bonchev–Trinajstić information content (AvgIpc) is 2.67. The zero-order valence-corrected chi connectivity index (χ0v) is 14.9. The molecular weight excluding hydrogens is 332 g/mol. The van der Waals surface area contributed by atoms with E-state index in [1.807, 2.05) is 30.5 Å². The Hall–Kier alpha value is -2.44. The molecular formula is C20H24N2O4. The zero-order valence-electron chi connectivity index (χ0n) is 14.9. The summed E-state index contributed by atoms with van der Waals surface area (Å²) in [6, 6.07) is 9.75. The Balaban J connectivity index is 1.84. The molecule has 1 fully saturated rings. The molecule has 0 bridgehead atoms. The lowest BCUT2D eigenvalue weighted by molar-refractivity contribution is -0.139. The lowest BCUT2D eigenvalue weighted by Gasteiger charge is -2.32. The maximum Gasteiger partial charge on any atom is 0.341 e. The minimum Gasteiger partial charge on any atom is -0.482 e. The summed E-state index contributed by atoms with van der Waals surface area (Å²) in [4.78, 5) is 17.4. The Morgan fingerprint density at radius 2 is 2.27 bits per heavy atom. The summed E-state index contributed by atoms with van der Waals surface area (Å²) in [7, 11) is 0. The third kappa shape index (κ3) is 4.80. The van der Waals surface area contributed by atoms with E-state index in [2.05, 4.69) is 22.9 Å². The van der Waals surface area contributed by atoms with E-state index in [0.29, 0.717) is 18.9 Å². The fourth-order valence-corrected chi connectivity index (χ4v) is 3.11. The largest absolute Gasteiger partial charge is 0.482 e. The summed E-state index contributed by atoms with van der Waals surface area (Å²) in [6.07, 6.45) is 4.79. The molecule has 1 aromatic carbocycles. The van der Waals surface area contributed by atoms with Crippen molar-refractivity contribution in [3.8, 4) is 16.9 Å². The molecule has 1 N–H and O–H groups in total. The number of pyridine rings is 1. The van der Waals surface area contributed by atoms with Crippen molar-refractivity contribution in [2.75, 3.05) is 26.3 Å². The standard InChI is InChI=1S/C20H24N2O4/c1-2-18-13-22(8-9-25-18)12-17-10-15(16-4-3-7-21-11-16)5-6-19(17)26-14-20(23)24/h3-7,10-11,18H,2,8-9,12-14H2,1H3,(H,23,24)/t18-/m0/s1. The molecule has 26 heavy (non-hydrogen) atoms. The summed E-state index contributed by atoms with van der Waals surface area (Å²) in [6.45, 7) is 4.91. The molecule has 0 saturated carbocycles. The first-order valence-corrected chi connectivity index (χ1v) is 8.87. The molecule has 1 aliphatic heterocycles. The number of carboxylic acid groups (broad SMARTS) is 1. The number of aliphatic carboxylic acids is 1. The van der Waals surface area contributed by atoms with Crippen molar-refractivity contribution >= 4 is 5.97 Å². The molecule has 6 heteroatoms. The van der Waals surface area contributed by atoms with E-state index in [9.17, 15) is 4.79 Å². The number of benzene rings is 1. The summed E-state index contributed by atoms with van der Waals surface area (Å²) in [5.41, 5.74) is 3.03. The number of ether oxygens (including phenoxy) is 2. The van der Waals surface area contributed by atoms with Gasteiger partial charge in [0.15, 0.2) is 6.61 Å². The Kier molecular flexibility index (Phi) is 6.20. The molecule has 2 aromatic rings. The van der Waals surface area contributed by atoms with Crippen molar-refractivity contribution < 1.29 is 19.4 Å². The van der Waals surface area contributed by atoms with Crippen molar-refractivity contribution in [1.29, 1.82) is 0 Å². The predicted molar refractivity (Wildman–Crippen MR) is 98.1 cm³/mol. The van der Waals surface area contributed by atoms with Crippen LogP contribution >= 0.6 is 0 Å². The second-order valence-corrected chi connectivity index (χ2v) is 6.38. The molecule has 1 saturated heterocycles. The average molecular weight is 356 g/mol. The van der Waals surface area contributed by atoms with Crippen LogP contribution in [0.4, 0.5) is 0 Å². The molecule has 0 spiro atoms. The van der Waals surface area contributed by atoms with Gasteiger partial charge in [-0.3, -0.25) is 9.88 Å². The molecule has 6 nitrogen and oxygen atoms in total. The van der Waals surface area contributed by atoms with Gasteiger partial charge in [0, 0.05) is 43.2 Å². The first kappa shape index (κ1) is 18.4. The quantitative estimate of drug-likeness (QED) is 0.822. The van der Waals surface area contributed by atoms with Crippen LogP contribution in [0.5, 0.6) is 5.75 Å². The topological polar surface area (TPSA) is 71.9 Å². The normalized spacial score (nSPS) is 17.8. The van der Waals surface area contributed by atoms with Crippen molar-refractivity contribution in [1.82, 2.24) is 9.88 Å². The highest BCUT2D eigenvalue weighted by molar-refractivity contribution is 5.69. The Labute approximate surface area is 153 Å². The van der Waals surface area contributed by atoms with Gasteiger partial charge in [0.05, 0.1) is 12.7 Å². The number of carboxylic acids is 1. The van der Waals surface area contributed by atoms with Crippen LogP contribution in [-0.4, -0.2) is 53.4 Å². The van der Waals surface area contributed by atoms with Gasteiger partial charge in [0.25, 0.3) is 0 Å². The van der Waals surface area contributed by atoms with E-state index in [4.69, 9.17) is 14.6 Å². The van der Waals surface area contributed by atoms with Crippen LogP contribution in [0, 0.1) is 0 Å². The highest BCUT2D eigenvalue weighted by Crippen LogP contribution is 2.28. The van der Waals surface area contributed by atoms with Gasteiger partial charge in [0.1, 0.15) is 5.75 Å². The van der Waals surface area contributed by atoms with Gasteiger partial charge in [-0.25, -0.2) is 4.79 Å². The Morgan fingerprint density at radius 3 is 3.00 bits per heavy atom. The predicted octanol–water partition coefficient (Wildman–Crippen LogP) is 2.82. The van der Waals surface area contributed by atoms with E-state index in [-0.39, 0.29) is 12.7 Å². The molecule has 3 rings (SSSR count). The van der Waals surface area contributed by atoms with E-state index in [0.717, 1.165) is 36.2 Å². The van der Waals surface area contributed by atoms with Gasteiger partial charge in [-0.2, -0.15) is 0 Å². The Morgan fingerprint density at radius 1 is 1.38 bits per heavy atom. The van der Waals surface area contributed by atoms with Gasteiger partial charge in [0.2, 0.25) is 0 Å². The Bertz CT molecular complexity index is 736. The smallest absolute Gasteiger partial charge is 0.341 e. The van der Waals surface area contributed by atoms with E-state index in [1.165, 1.54) is 0 Å². The third-order valence-electron chi connectivity index (χ3n) is 4.48. The second kappa shape index (κ2) is 8.78. The lowest BCUT2D eigenvalue weighted by Crippen LogP contribution is -2.41. The maximum absolute atomic E-state index is 10.9. The third-order valence-corrected chi connectivity index (χ3v) is 4.48. The van der Waals surface area contributed by atoms with Crippen LogP contribution in [0.2, 0.25) is 0 Å². The lowest BCUT2D eigenvalue weighted by atomic mass is 10.0. The molecule has 1 atom stereocenters. The summed E-state index contributed by atoms with van der Waals surface area (Å²) in [5, 5.41) is 8.93. The van der Waals surface area contributed by atoms with Gasteiger partial charge in [-0.05, 0) is 30.2 Å². The minimum atomic E-state index is -0.982. The molecule has 0 radical (unpaired) electrons. The van der Waals surface area contributed by atoms with Gasteiger partial charge in [-0.15, -0.1) is 0 Å². The molecule has 138 valence electrons. The first-order valence-electron chi connectivity index (χ1n) is 8.87. The van der Waals surface area contributed by atoms with Crippen LogP contribution < -0.4 is 4.74 Å². The minimum absolute atomic E-state index is 0.244. The van der Waals surface area contributed by atoms with Crippen molar-refractivity contribution in [2.45, 2.75) is 26.0 Å². The summed E-state index contributed by atoms with van der Waals surface area (Å²) >= 11 is 0. The van der Waals surface area contributed by atoms with Crippen LogP contribution in [-0.2, 0) is 16.1 Å². The number of aromatic nitrogens is 1. The van der Waals surface area contributed by atoms with Crippen molar-refractivity contribution in [3.63, 3.8) is 0 Å². The number of hydrogen-bond donors (Lipinski definition) is 1. The van der Waals surface area contributed by atoms with Crippen molar-refractivity contribution in [3.05, 3.63) is 48.3 Å². The fourth-order valence-electron chi connectivity index (χ4n) is 3.11. The van der Waals surface area contributed by atoms with Crippen LogP contribution in [0.1, 0.15) is 18.9 Å². The van der Waals surface area contributed by atoms with E-state index >= 15 is 0 Å². The van der Waals surface area contributed by atoms with E-state index in [1.54, 1.807) is 6.20 Å². The molecule has 1 aromatic heterocycles. The summed E-state index contributed by atoms with van der Waals surface area (Å²) < 4.78 is 11.2. The SMILES string of the molecule is CC[C@H]1CN(Cc2cc(-c3cccnc3)ccc2OCC(=O)O)CCO1. The highest BCUT2D eigenvalue weighted by atomic mass is 16.5. The van der Waals surface area contributed by atoms with Crippen LogP contribution in [0.15, 0.2) is 42.7 Å². The van der Waals surface area contributed by atoms with Crippen LogP contribution in [0.25, 0.3) is 11.1 Å². The second-order valence-electron chi connectivity index (χ2n) is 6.38. The highest BCUT2D eigenvalue weighted by Gasteiger charge is 2.20. The number of nitrogens with zero attached hydrogens (tertiary/aromatic N) is 2. The monoisotopic (exact) mass is 356 g/mol. The van der Waals surface area contributed by atoms with Gasteiger partial charge < -0.3 is 14.6 Å². The zero-order chi connectivity index (χ0) is 18.4. The number of hydrogen-bond acceptors (Lipinski definition) is 5. The maximum atomic E-state index is 10.9. The first-order chi connectivity index (χ1) is 12.7. The number of morpholine rings is 1. The van der Waals surface area contributed by atoms with Gasteiger partial charge in [-0.1, -0.05) is 19.1 Å². The van der Waals surface area contributed by atoms with Crippen molar-refractivity contribution in [2.24, 2.45) is 0 Å². The molecule has 0 unspecified atom stereocenters. The molecule has 1 aliphatic rings. The fraction of sp³-hybridized carbons (Fsp3) is 0.400. The number of rotatable bonds is 7. The van der Waals surface area contributed by atoms with Gasteiger partial charge >= 0.3 is 5.97 Å². The van der Waals surface area contributed by atoms with E-state index < -0.39 is 5.97 Å². The van der Waals surface area contributed by atoms with Crippen LogP contribution in [0.3, 0.4) is 0 Å². The molecule has 0 amide bonds. The summed E-state index contributed by atoms with van der Waals surface area (Å²) in [5.74, 6) is -0.371. The molecule has 2 heterocycles.